The molecule has 20 N–H and O–H groups in total. The molecule has 0 saturated carbocycles. The van der Waals surface area contributed by atoms with E-state index in [0.29, 0.717) is 11.1 Å². The lowest BCUT2D eigenvalue weighted by Crippen LogP contribution is -2.61. The minimum atomic E-state index is -1.82. The predicted octanol–water partition coefficient (Wildman–Crippen LogP) is -3.88. The van der Waals surface area contributed by atoms with E-state index in [1.807, 2.05) is 0 Å². The van der Waals surface area contributed by atoms with Gasteiger partial charge in [-0.25, -0.2) is 4.79 Å². The van der Waals surface area contributed by atoms with Crippen LogP contribution in [0.3, 0.4) is 0 Å². The number of carbonyl (C=O) groups excluding carboxylic acids is 9. The second-order valence-electron chi connectivity index (χ2n) is 17.8. The van der Waals surface area contributed by atoms with Crippen molar-refractivity contribution in [3.63, 3.8) is 0 Å². The number of carboxylic acid groups (broad SMARTS) is 1. The molecule has 1 aliphatic heterocycles. The number of aromatic nitrogens is 1. The number of hydrogen-bond acceptors (Lipinski definition) is 12. The first-order chi connectivity index (χ1) is 35.7. The van der Waals surface area contributed by atoms with E-state index < -0.39 is 114 Å². The minimum Gasteiger partial charge on any atom is -0.480 e. The summed E-state index contributed by atoms with van der Waals surface area (Å²) in [6.45, 7) is 1.17. The van der Waals surface area contributed by atoms with E-state index in [2.05, 4.69) is 57.5 Å². The summed E-state index contributed by atoms with van der Waals surface area (Å²) in [5.74, 6) is -10.2. The molecule has 27 nitrogen and oxygen atoms in total. The number of carboxylic acids is 1. The van der Waals surface area contributed by atoms with Crippen LogP contribution in [0.15, 0.2) is 70.8 Å². The fourth-order valence-electron chi connectivity index (χ4n) is 8.05. The van der Waals surface area contributed by atoms with Crippen molar-refractivity contribution in [2.24, 2.45) is 38.7 Å². The van der Waals surface area contributed by atoms with E-state index in [-0.39, 0.29) is 89.3 Å². The van der Waals surface area contributed by atoms with Crippen LogP contribution < -0.4 is 71.2 Å². The van der Waals surface area contributed by atoms with Crippen molar-refractivity contribution in [1.29, 1.82) is 0 Å². The molecule has 2 unspecified atom stereocenters. The molecule has 1 aromatic heterocycles. The Balaban J connectivity index is 1.78. The number of rotatable bonds is 18. The van der Waals surface area contributed by atoms with Gasteiger partial charge in [0, 0.05) is 56.5 Å². The second-order valence-corrected chi connectivity index (χ2v) is 17.8. The number of primary amides is 1. The maximum Gasteiger partial charge on any atom is 0.326 e. The average Bonchev–Trinajstić information content (AvgIpc) is 3.76. The van der Waals surface area contributed by atoms with E-state index in [9.17, 15) is 53.1 Å². The quantitative estimate of drug-likeness (QED) is 0.0329. The van der Waals surface area contributed by atoms with Crippen LogP contribution in [0.1, 0.15) is 75.8 Å². The van der Waals surface area contributed by atoms with Crippen LogP contribution in [0.2, 0.25) is 0 Å². The number of carbonyl (C=O) groups is 10. The van der Waals surface area contributed by atoms with Crippen molar-refractivity contribution in [1.82, 2.24) is 47.5 Å². The number of aliphatic carboxylic acids is 1. The smallest absolute Gasteiger partial charge is 0.326 e. The Labute approximate surface area is 431 Å². The number of nitrogens with two attached hydrogens (primary N) is 5. The van der Waals surface area contributed by atoms with Gasteiger partial charge in [-0.3, -0.25) is 53.1 Å². The standard InChI is InChI=1S/C48H68N16O11/c1-26(65)58-31(16-9-19-55-47(50)51)40(68)64-37-24-39(67)54-18-8-7-15-33(46(74)75)60-43(71)35(22-28-25-57-30-14-6-5-13-29(28)30)62-41(69)32(17-10-20-56-48(52)53)59-42(70)34(21-27-11-3-2-4-12-27)61-44(72)36(23-38(49)66)63-45(37)73/h2-6,11-14,25,31-37,57H,7-10,15-24H2,1H3,(H2,49,66)(H,54,67)(H,58,65)(H,59,70)(H,60,71)(H,61,72)(H,62,69)(H,63,73)(H,64,68)(H,74,75)(H4,50,51,55)(H4,52,53,56)/t31?,32?,33-,34+,35-,36-,37-/m0/s1. The Morgan fingerprint density at radius 2 is 1.29 bits per heavy atom. The normalized spacial score (nSPS) is 21.0. The molecule has 0 aliphatic carbocycles. The number of aliphatic imine (C=N–C) groups is 2. The van der Waals surface area contributed by atoms with E-state index in [1.54, 1.807) is 60.8 Å². The average molecular weight is 1050 g/mol. The molecule has 0 radical (unpaired) electrons. The molecule has 27 heteroatoms. The van der Waals surface area contributed by atoms with E-state index in [1.165, 1.54) is 0 Å². The second kappa shape index (κ2) is 29.7. The van der Waals surface area contributed by atoms with Crippen LogP contribution in [0.4, 0.5) is 0 Å². The van der Waals surface area contributed by atoms with Crippen LogP contribution in [-0.4, -0.2) is 143 Å². The number of hydrogen-bond donors (Lipinski definition) is 15. The molecule has 1 aliphatic rings. The fraction of sp³-hybridized carbons (Fsp3) is 0.458. The van der Waals surface area contributed by atoms with Gasteiger partial charge in [-0.1, -0.05) is 48.5 Å². The van der Waals surface area contributed by atoms with Gasteiger partial charge in [0.2, 0.25) is 53.2 Å². The van der Waals surface area contributed by atoms with E-state index >= 15 is 0 Å². The van der Waals surface area contributed by atoms with Crippen molar-refractivity contribution in [2.75, 3.05) is 19.6 Å². The van der Waals surface area contributed by atoms with Crippen molar-refractivity contribution < 1.29 is 53.1 Å². The number of nitrogens with zero attached hydrogens (tertiary/aromatic N) is 2. The summed E-state index contributed by atoms with van der Waals surface area (Å²) < 4.78 is 0. The molecular formula is C48H68N16O11. The largest absolute Gasteiger partial charge is 0.480 e. The molecule has 1 saturated heterocycles. The molecule has 406 valence electrons. The zero-order chi connectivity index (χ0) is 55.0. The van der Waals surface area contributed by atoms with Crippen molar-refractivity contribution in [2.45, 2.75) is 120 Å². The molecule has 75 heavy (non-hydrogen) atoms. The van der Waals surface area contributed by atoms with E-state index in [0.717, 1.165) is 17.8 Å². The molecule has 7 atom stereocenters. The number of aromatic amines is 1. The zero-order valence-electron chi connectivity index (χ0n) is 41.5. The zero-order valence-corrected chi connectivity index (χ0v) is 41.5. The molecule has 1 fully saturated rings. The van der Waals surface area contributed by atoms with Crippen LogP contribution in [0, 0.1) is 0 Å². The SMILES string of the molecule is CC(=O)NC(CCCN=C(N)N)C(=O)N[C@H]1CC(=O)NCCCC[C@@H](C(=O)O)NC(=O)[C@H](Cc2c[nH]c3ccccc23)NC(=O)C(CCCN=C(N)N)NC(=O)[C@@H](Cc2ccccc2)NC(=O)[C@H](CC(N)=O)NC1=O. The highest BCUT2D eigenvalue weighted by atomic mass is 16.4. The van der Waals surface area contributed by atoms with Gasteiger partial charge in [-0.15, -0.1) is 0 Å². The Morgan fingerprint density at radius 1 is 0.707 bits per heavy atom. The summed E-state index contributed by atoms with van der Waals surface area (Å²) >= 11 is 0. The number of guanidine groups is 2. The molecule has 3 aromatic rings. The number of benzene rings is 2. The third kappa shape index (κ3) is 20.3. The first-order valence-corrected chi connectivity index (χ1v) is 24.3. The molecule has 2 heterocycles. The molecule has 2 aromatic carbocycles. The molecule has 0 bridgehead atoms. The van der Waals surface area contributed by atoms with Crippen molar-refractivity contribution >= 4 is 82.0 Å². The Hall–Kier alpha value is -8.78. The Kier molecular flexibility index (Phi) is 23.3. The minimum absolute atomic E-state index is 0.0100. The van der Waals surface area contributed by atoms with Gasteiger partial charge < -0.3 is 81.3 Å². The van der Waals surface area contributed by atoms with E-state index in [4.69, 9.17) is 28.7 Å². The number of fused-ring (bicyclic) bond motifs is 1. The monoisotopic (exact) mass is 1040 g/mol. The fourth-order valence-corrected chi connectivity index (χ4v) is 8.05. The van der Waals surface area contributed by atoms with Gasteiger partial charge in [0.05, 0.1) is 12.8 Å². The van der Waals surface area contributed by atoms with Crippen LogP contribution in [0.25, 0.3) is 10.9 Å². The summed E-state index contributed by atoms with van der Waals surface area (Å²) in [5, 5.41) is 31.3. The van der Waals surface area contributed by atoms with Gasteiger partial charge in [0.25, 0.3) is 0 Å². The summed E-state index contributed by atoms with van der Waals surface area (Å²) in [5.41, 5.74) is 29.3. The topological polar surface area (TPSA) is 458 Å². The highest BCUT2D eigenvalue weighted by Crippen LogP contribution is 2.20. The summed E-state index contributed by atoms with van der Waals surface area (Å²) in [4.78, 5) is 147. The first kappa shape index (κ1) is 58.8. The van der Waals surface area contributed by atoms with Crippen LogP contribution in [0.5, 0.6) is 0 Å². The third-order valence-corrected chi connectivity index (χ3v) is 11.8. The van der Waals surface area contributed by atoms with Crippen molar-refractivity contribution in [3.8, 4) is 0 Å². The van der Waals surface area contributed by atoms with Gasteiger partial charge in [-0.2, -0.15) is 0 Å². The molecule has 4 rings (SSSR count). The predicted molar refractivity (Wildman–Crippen MR) is 274 cm³/mol. The lowest BCUT2D eigenvalue weighted by Gasteiger charge is -2.27. The molecular weight excluding hydrogens is 977 g/mol. The maximum atomic E-state index is 14.5. The summed E-state index contributed by atoms with van der Waals surface area (Å²) in [6.07, 6.45) is 0.0183. The number of H-pyrrole nitrogens is 1. The molecule has 9 amide bonds. The lowest BCUT2D eigenvalue weighted by molar-refractivity contribution is -0.142. The van der Waals surface area contributed by atoms with Crippen molar-refractivity contribution in [3.05, 3.63) is 71.9 Å². The van der Waals surface area contributed by atoms with Gasteiger partial charge in [-0.05, 0) is 62.1 Å². The lowest BCUT2D eigenvalue weighted by atomic mass is 10.0. The van der Waals surface area contributed by atoms with Crippen LogP contribution >= 0.6 is 0 Å². The Morgan fingerprint density at radius 3 is 1.95 bits per heavy atom. The van der Waals surface area contributed by atoms with Gasteiger partial charge in [0.15, 0.2) is 11.9 Å². The van der Waals surface area contributed by atoms with Gasteiger partial charge in [0.1, 0.15) is 42.3 Å². The summed E-state index contributed by atoms with van der Waals surface area (Å²) in [7, 11) is 0. The number of amides is 9. The number of para-hydroxylation sites is 1. The highest BCUT2D eigenvalue weighted by molar-refractivity contribution is 6.00. The highest BCUT2D eigenvalue weighted by Gasteiger charge is 2.36. The third-order valence-electron chi connectivity index (χ3n) is 11.8. The Bertz CT molecular complexity index is 2560. The molecule has 0 spiro atoms. The first-order valence-electron chi connectivity index (χ1n) is 24.3. The van der Waals surface area contributed by atoms with Crippen LogP contribution in [-0.2, 0) is 60.8 Å². The summed E-state index contributed by atoms with van der Waals surface area (Å²) in [6, 6.07) is 4.81. The van der Waals surface area contributed by atoms with Gasteiger partial charge >= 0.3 is 5.97 Å². The number of nitrogens with one attached hydrogen (secondary N) is 9. The maximum absolute atomic E-state index is 14.5.